The van der Waals surface area contributed by atoms with Crippen LogP contribution < -0.4 is 10.3 Å². The van der Waals surface area contributed by atoms with Gasteiger partial charge in [-0.1, -0.05) is 6.07 Å². The molecule has 1 saturated heterocycles. The van der Waals surface area contributed by atoms with E-state index in [0.717, 1.165) is 54.8 Å². The largest absolute Gasteiger partial charge is 0.490 e. The number of aromatic amines is 1. The van der Waals surface area contributed by atoms with Crippen LogP contribution in [0.15, 0.2) is 47.7 Å². The molecule has 1 aliphatic rings. The molecule has 1 N–H and O–H groups in total. The number of rotatable bonds is 4. The third-order valence-electron chi connectivity index (χ3n) is 4.80. The molecule has 0 bridgehead atoms. The van der Waals surface area contributed by atoms with Gasteiger partial charge in [-0.2, -0.15) is 0 Å². The Morgan fingerprint density at radius 1 is 1.28 bits per heavy atom. The fraction of sp³-hybridized carbons (Fsp3) is 0.368. The van der Waals surface area contributed by atoms with Gasteiger partial charge >= 0.3 is 0 Å². The van der Waals surface area contributed by atoms with Gasteiger partial charge in [0.05, 0.1) is 11.9 Å². The third-order valence-corrected chi connectivity index (χ3v) is 4.80. The molecule has 2 aromatic heterocycles. The summed E-state index contributed by atoms with van der Waals surface area (Å²) in [6, 6.07) is 8.18. The smallest absolute Gasteiger partial charge is 0.268 e. The quantitative estimate of drug-likeness (QED) is 0.793. The summed E-state index contributed by atoms with van der Waals surface area (Å²) in [5, 5.41) is 1.14. The van der Waals surface area contributed by atoms with Crippen molar-refractivity contribution in [2.24, 2.45) is 7.05 Å². The van der Waals surface area contributed by atoms with Crippen molar-refractivity contribution in [1.82, 2.24) is 19.4 Å². The fourth-order valence-corrected chi connectivity index (χ4v) is 3.38. The number of H-pyrrole nitrogens is 1. The molecule has 6 heteroatoms. The number of piperidine rings is 1. The van der Waals surface area contributed by atoms with Crippen molar-refractivity contribution in [3.05, 3.63) is 58.9 Å². The lowest BCUT2D eigenvalue weighted by atomic mass is 10.1. The number of fused-ring (bicyclic) bond motifs is 1. The first-order valence-electron chi connectivity index (χ1n) is 8.66. The summed E-state index contributed by atoms with van der Waals surface area (Å²) in [4.78, 5) is 21.2. The third kappa shape index (κ3) is 3.44. The summed E-state index contributed by atoms with van der Waals surface area (Å²) >= 11 is 0. The minimum Gasteiger partial charge on any atom is -0.490 e. The number of benzene rings is 1. The minimum atomic E-state index is -0.0743. The molecule has 0 atom stereocenters. The van der Waals surface area contributed by atoms with Crippen LogP contribution in [-0.2, 0) is 13.6 Å². The van der Waals surface area contributed by atoms with E-state index in [-0.39, 0.29) is 11.7 Å². The van der Waals surface area contributed by atoms with Crippen LogP contribution in [0.1, 0.15) is 18.5 Å². The van der Waals surface area contributed by atoms with E-state index in [4.69, 9.17) is 4.74 Å². The van der Waals surface area contributed by atoms with Gasteiger partial charge in [-0.25, -0.2) is 0 Å². The number of nitrogens with one attached hydrogen (secondary N) is 1. The van der Waals surface area contributed by atoms with E-state index in [1.54, 1.807) is 11.6 Å². The molecule has 0 aliphatic carbocycles. The summed E-state index contributed by atoms with van der Waals surface area (Å²) in [7, 11) is 1.76. The minimum absolute atomic E-state index is 0.0743. The molecular weight excluding hydrogens is 316 g/mol. The van der Waals surface area contributed by atoms with E-state index >= 15 is 0 Å². The zero-order valence-corrected chi connectivity index (χ0v) is 14.3. The van der Waals surface area contributed by atoms with Gasteiger partial charge in [0.1, 0.15) is 11.9 Å². The number of aryl methyl sites for hydroxylation is 1. The highest BCUT2D eigenvalue weighted by Crippen LogP contribution is 2.27. The highest BCUT2D eigenvalue weighted by Gasteiger charge is 2.21. The zero-order chi connectivity index (χ0) is 17.2. The second kappa shape index (κ2) is 6.72. The molecule has 0 amide bonds. The molecule has 1 aromatic carbocycles. The van der Waals surface area contributed by atoms with Gasteiger partial charge in [-0.15, -0.1) is 0 Å². The molecule has 0 spiro atoms. The van der Waals surface area contributed by atoms with Crippen LogP contribution in [0.3, 0.4) is 0 Å². The van der Waals surface area contributed by atoms with Crippen LogP contribution in [0.5, 0.6) is 5.75 Å². The molecule has 0 saturated carbocycles. The van der Waals surface area contributed by atoms with Crippen LogP contribution in [0.4, 0.5) is 0 Å². The van der Waals surface area contributed by atoms with Crippen molar-refractivity contribution >= 4 is 10.9 Å². The van der Waals surface area contributed by atoms with E-state index in [1.807, 2.05) is 24.5 Å². The molecule has 0 radical (unpaired) electrons. The molecule has 25 heavy (non-hydrogen) atoms. The number of ether oxygens (including phenoxy) is 1. The van der Waals surface area contributed by atoms with Gasteiger partial charge < -0.3 is 14.3 Å². The standard InChI is InChI=1S/C19H22N4O2/c1-22-12-14(21-11-19(22)24)13-23-9-6-15(7-10-23)25-18-4-2-3-17-16(18)5-8-20-17/h2-5,8,11-12,15,20H,6-7,9-10,13H2,1H3. The second-order valence-corrected chi connectivity index (χ2v) is 6.62. The van der Waals surface area contributed by atoms with Crippen molar-refractivity contribution in [3.8, 4) is 5.75 Å². The molecule has 3 aromatic rings. The topological polar surface area (TPSA) is 63.1 Å². The predicted octanol–water partition coefficient (Wildman–Crippen LogP) is 2.30. The van der Waals surface area contributed by atoms with Gasteiger partial charge in [0, 0.05) is 50.0 Å². The Bertz CT molecular complexity index is 922. The van der Waals surface area contributed by atoms with Gasteiger partial charge in [0.2, 0.25) is 0 Å². The fourth-order valence-electron chi connectivity index (χ4n) is 3.38. The summed E-state index contributed by atoms with van der Waals surface area (Å²) in [6.45, 7) is 2.71. The van der Waals surface area contributed by atoms with Crippen molar-refractivity contribution in [2.45, 2.75) is 25.5 Å². The molecule has 4 rings (SSSR count). The van der Waals surface area contributed by atoms with Gasteiger partial charge in [0.15, 0.2) is 0 Å². The lowest BCUT2D eigenvalue weighted by Gasteiger charge is -2.32. The number of likely N-dealkylation sites (tertiary alicyclic amines) is 1. The first-order valence-corrected chi connectivity index (χ1v) is 8.66. The van der Waals surface area contributed by atoms with Crippen LogP contribution in [0.2, 0.25) is 0 Å². The molecule has 1 aliphatic heterocycles. The monoisotopic (exact) mass is 338 g/mol. The Hall–Kier alpha value is -2.60. The van der Waals surface area contributed by atoms with Gasteiger partial charge in [-0.05, 0) is 31.0 Å². The Morgan fingerprint density at radius 2 is 2.12 bits per heavy atom. The summed E-state index contributed by atoms with van der Waals surface area (Å²) in [5.41, 5.74) is 1.96. The highest BCUT2D eigenvalue weighted by molar-refractivity contribution is 5.85. The van der Waals surface area contributed by atoms with Crippen LogP contribution in [0.25, 0.3) is 10.9 Å². The molecule has 130 valence electrons. The van der Waals surface area contributed by atoms with E-state index < -0.39 is 0 Å². The average molecular weight is 338 g/mol. The first kappa shape index (κ1) is 15.9. The van der Waals surface area contributed by atoms with Crippen LogP contribution in [-0.4, -0.2) is 38.6 Å². The first-order chi connectivity index (χ1) is 12.2. The average Bonchev–Trinajstić information content (AvgIpc) is 3.10. The van der Waals surface area contributed by atoms with E-state index in [0.29, 0.717) is 0 Å². The van der Waals surface area contributed by atoms with Crippen LogP contribution >= 0.6 is 0 Å². The Kier molecular flexibility index (Phi) is 4.28. The summed E-state index contributed by atoms with van der Waals surface area (Å²) < 4.78 is 7.83. The Labute approximate surface area is 146 Å². The highest BCUT2D eigenvalue weighted by atomic mass is 16.5. The normalized spacial score (nSPS) is 16.4. The Balaban J connectivity index is 1.36. The van der Waals surface area contributed by atoms with Crippen molar-refractivity contribution in [1.29, 1.82) is 0 Å². The van der Waals surface area contributed by atoms with Crippen molar-refractivity contribution < 1.29 is 4.74 Å². The van der Waals surface area contributed by atoms with Crippen molar-refractivity contribution in [2.75, 3.05) is 13.1 Å². The Morgan fingerprint density at radius 3 is 2.92 bits per heavy atom. The van der Waals surface area contributed by atoms with Gasteiger partial charge in [0.25, 0.3) is 5.56 Å². The van der Waals surface area contributed by atoms with Crippen LogP contribution in [0, 0.1) is 0 Å². The van der Waals surface area contributed by atoms with E-state index in [1.165, 1.54) is 6.20 Å². The second-order valence-electron chi connectivity index (χ2n) is 6.62. The molecule has 6 nitrogen and oxygen atoms in total. The maximum atomic E-state index is 11.4. The van der Waals surface area contributed by atoms with Gasteiger partial charge in [-0.3, -0.25) is 14.7 Å². The summed E-state index contributed by atoms with van der Waals surface area (Å²) in [5.74, 6) is 0.955. The number of nitrogens with zero attached hydrogens (tertiary/aromatic N) is 3. The number of hydrogen-bond acceptors (Lipinski definition) is 4. The lowest BCUT2D eigenvalue weighted by molar-refractivity contribution is 0.0971. The SMILES string of the molecule is Cn1cc(CN2CCC(Oc3cccc4[nH]ccc34)CC2)ncc1=O. The lowest BCUT2D eigenvalue weighted by Crippen LogP contribution is -2.38. The van der Waals surface area contributed by atoms with E-state index in [2.05, 4.69) is 27.0 Å². The van der Waals surface area contributed by atoms with Crippen molar-refractivity contribution in [3.63, 3.8) is 0 Å². The molecule has 0 unspecified atom stereocenters. The predicted molar refractivity (Wildman–Crippen MR) is 96.7 cm³/mol. The maximum absolute atomic E-state index is 11.4. The van der Waals surface area contributed by atoms with E-state index in [9.17, 15) is 4.79 Å². The molecule has 1 fully saturated rings. The zero-order valence-electron chi connectivity index (χ0n) is 14.3. The number of hydrogen-bond donors (Lipinski definition) is 1. The maximum Gasteiger partial charge on any atom is 0.268 e. The molecular formula is C19H22N4O2. The molecule has 3 heterocycles. The summed E-state index contributed by atoms with van der Waals surface area (Å²) in [6.07, 6.45) is 7.38. The number of aromatic nitrogens is 3.